The highest BCUT2D eigenvalue weighted by atomic mass is 35.5. The molecule has 0 aromatic carbocycles. The molecule has 1 aromatic rings. The van der Waals surface area contributed by atoms with Crippen molar-refractivity contribution in [2.24, 2.45) is 5.92 Å². The fourth-order valence-electron chi connectivity index (χ4n) is 5.36. The van der Waals surface area contributed by atoms with Crippen LogP contribution in [-0.4, -0.2) is 79.6 Å². The third-order valence-electron chi connectivity index (χ3n) is 7.11. The zero-order valence-electron chi connectivity index (χ0n) is 19.1. The highest BCUT2D eigenvalue weighted by molar-refractivity contribution is 6.32. The minimum absolute atomic E-state index is 0.0161. The maximum absolute atomic E-state index is 12.4. The highest BCUT2D eigenvalue weighted by Crippen LogP contribution is 2.30. The van der Waals surface area contributed by atoms with Crippen LogP contribution in [-0.2, 0) is 4.79 Å². The first-order valence-electron chi connectivity index (χ1n) is 11.9. The molecular formula is C23H35ClN6O2. The number of amides is 2. The molecule has 4 unspecified atom stereocenters. The van der Waals surface area contributed by atoms with Gasteiger partial charge in [-0.3, -0.25) is 14.5 Å². The van der Waals surface area contributed by atoms with Crippen molar-refractivity contribution < 1.29 is 9.59 Å². The molecule has 2 saturated heterocycles. The van der Waals surface area contributed by atoms with Crippen LogP contribution in [0.4, 0.5) is 5.69 Å². The minimum atomic E-state index is -0.233. The zero-order valence-corrected chi connectivity index (χ0v) is 19.8. The number of nitrogens with one attached hydrogen (secondary N) is 3. The van der Waals surface area contributed by atoms with E-state index in [4.69, 9.17) is 11.6 Å². The van der Waals surface area contributed by atoms with E-state index in [9.17, 15) is 9.59 Å². The first-order chi connectivity index (χ1) is 15.5. The number of halogens is 1. The van der Waals surface area contributed by atoms with Crippen LogP contribution in [0, 0.1) is 5.92 Å². The number of piperazine rings is 2. The number of hydrogen-bond acceptors (Lipinski definition) is 6. The van der Waals surface area contributed by atoms with E-state index in [1.54, 1.807) is 13.1 Å². The molecule has 176 valence electrons. The fourth-order valence-corrected chi connectivity index (χ4v) is 5.63. The Balaban J connectivity index is 1.26. The van der Waals surface area contributed by atoms with Gasteiger partial charge in [-0.15, -0.1) is 0 Å². The molecule has 3 aliphatic rings. The molecule has 3 N–H and O–H groups in total. The number of fused-ring (bicyclic) bond motifs is 1. The number of carbonyl (C=O) groups is 2. The van der Waals surface area contributed by atoms with Gasteiger partial charge >= 0.3 is 0 Å². The van der Waals surface area contributed by atoms with Crippen LogP contribution >= 0.6 is 11.6 Å². The Morgan fingerprint density at radius 2 is 2.00 bits per heavy atom. The monoisotopic (exact) mass is 462 g/mol. The lowest BCUT2D eigenvalue weighted by Gasteiger charge is -2.45. The summed E-state index contributed by atoms with van der Waals surface area (Å²) in [5, 5.41) is 9.84. The van der Waals surface area contributed by atoms with Crippen molar-refractivity contribution >= 4 is 29.1 Å². The van der Waals surface area contributed by atoms with Crippen molar-refractivity contribution in [1.82, 2.24) is 25.8 Å². The van der Waals surface area contributed by atoms with Crippen LogP contribution in [0.1, 0.15) is 49.5 Å². The van der Waals surface area contributed by atoms with Gasteiger partial charge in [0.2, 0.25) is 5.91 Å². The molecule has 32 heavy (non-hydrogen) atoms. The van der Waals surface area contributed by atoms with Gasteiger partial charge in [-0.1, -0.05) is 24.9 Å². The Kier molecular flexibility index (Phi) is 7.53. The van der Waals surface area contributed by atoms with Crippen LogP contribution in [0.15, 0.2) is 12.1 Å². The largest absolute Gasteiger partial charge is 0.366 e. The lowest BCUT2D eigenvalue weighted by atomic mass is 9.80. The molecule has 0 radical (unpaired) electrons. The standard InChI is InChI=1S/C23H35ClN6O2/c1-3-4-17-23(32)28-19-13-15(5-6-16(19)26-17)14-29-9-11-30(12-10-29)20-8-7-18(22(31)25-2)27-21(20)24/h7-8,15-17,19,26H,3-6,9-14H2,1-2H3,(H,25,31)(H,28,32). The van der Waals surface area contributed by atoms with Gasteiger partial charge in [0, 0.05) is 51.9 Å². The van der Waals surface area contributed by atoms with E-state index in [-0.39, 0.29) is 23.9 Å². The molecule has 0 spiro atoms. The summed E-state index contributed by atoms with van der Waals surface area (Å²) in [6, 6.07) is 4.28. The second-order valence-corrected chi connectivity index (χ2v) is 9.64. The fraction of sp³-hybridized carbons (Fsp3) is 0.696. The highest BCUT2D eigenvalue weighted by Gasteiger charge is 2.39. The van der Waals surface area contributed by atoms with Gasteiger partial charge in [-0.05, 0) is 43.7 Å². The molecule has 4 rings (SSSR count). The van der Waals surface area contributed by atoms with E-state index in [1.165, 1.54) is 6.42 Å². The Labute approximate surface area is 195 Å². The van der Waals surface area contributed by atoms with Crippen molar-refractivity contribution in [2.45, 2.75) is 57.2 Å². The molecule has 9 heteroatoms. The maximum Gasteiger partial charge on any atom is 0.269 e. The smallest absolute Gasteiger partial charge is 0.269 e. The summed E-state index contributed by atoms with van der Waals surface area (Å²) in [6.07, 6.45) is 5.33. The zero-order chi connectivity index (χ0) is 22.7. The Morgan fingerprint density at radius 1 is 1.22 bits per heavy atom. The maximum atomic E-state index is 12.4. The molecule has 2 aliphatic heterocycles. The minimum Gasteiger partial charge on any atom is -0.366 e. The molecule has 2 amide bonds. The first kappa shape index (κ1) is 23.3. The second-order valence-electron chi connectivity index (χ2n) is 9.28. The van der Waals surface area contributed by atoms with Crippen molar-refractivity contribution in [2.75, 3.05) is 44.7 Å². The Morgan fingerprint density at radius 3 is 2.69 bits per heavy atom. The number of hydrogen-bond donors (Lipinski definition) is 3. The predicted molar refractivity (Wildman–Crippen MR) is 126 cm³/mol. The molecular weight excluding hydrogens is 428 g/mol. The second kappa shape index (κ2) is 10.4. The van der Waals surface area contributed by atoms with Gasteiger partial charge in [0.05, 0.1) is 11.7 Å². The third-order valence-corrected chi connectivity index (χ3v) is 7.39. The number of rotatable bonds is 6. The third kappa shape index (κ3) is 5.18. The Bertz CT molecular complexity index is 829. The van der Waals surface area contributed by atoms with Crippen LogP contribution < -0.4 is 20.9 Å². The summed E-state index contributed by atoms with van der Waals surface area (Å²) in [7, 11) is 1.58. The quantitative estimate of drug-likeness (QED) is 0.557. The predicted octanol–water partition coefficient (Wildman–Crippen LogP) is 1.64. The van der Waals surface area contributed by atoms with Gasteiger partial charge in [0.1, 0.15) is 5.69 Å². The number of anilines is 1. The van der Waals surface area contributed by atoms with Crippen molar-refractivity contribution in [1.29, 1.82) is 0 Å². The van der Waals surface area contributed by atoms with Crippen molar-refractivity contribution in [3.05, 3.63) is 23.0 Å². The lowest BCUT2D eigenvalue weighted by Crippen LogP contribution is -2.65. The van der Waals surface area contributed by atoms with Crippen LogP contribution in [0.5, 0.6) is 0 Å². The number of carbonyl (C=O) groups excluding carboxylic acids is 2. The number of pyridine rings is 1. The topological polar surface area (TPSA) is 89.6 Å². The van der Waals surface area contributed by atoms with E-state index in [0.29, 0.717) is 22.8 Å². The van der Waals surface area contributed by atoms with Crippen LogP contribution in [0.25, 0.3) is 0 Å². The molecule has 1 aromatic heterocycles. The van der Waals surface area contributed by atoms with Gasteiger partial charge in [0.25, 0.3) is 5.91 Å². The van der Waals surface area contributed by atoms with Gasteiger partial charge < -0.3 is 20.9 Å². The van der Waals surface area contributed by atoms with Gasteiger partial charge in [-0.2, -0.15) is 0 Å². The van der Waals surface area contributed by atoms with E-state index in [2.05, 4.69) is 37.7 Å². The lowest BCUT2D eigenvalue weighted by molar-refractivity contribution is -0.127. The van der Waals surface area contributed by atoms with Gasteiger partial charge in [0.15, 0.2) is 5.15 Å². The van der Waals surface area contributed by atoms with E-state index in [0.717, 1.165) is 64.1 Å². The number of nitrogens with zero attached hydrogens (tertiary/aromatic N) is 3. The van der Waals surface area contributed by atoms with Crippen molar-refractivity contribution in [3.8, 4) is 0 Å². The van der Waals surface area contributed by atoms with E-state index in [1.807, 2.05) is 6.07 Å². The summed E-state index contributed by atoms with van der Waals surface area (Å²) in [6.45, 7) is 6.92. The molecule has 1 aliphatic carbocycles. The molecule has 8 nitrogen and oxygen atoms in total. The Hall–Kier alpha value is -1.90. The SMILES string of the molecule is CCCC1NC2CCC(CN3CCN(c4ccc(C(=O)NC)nc4Cl)CC3)CC2NC1=O. The summed E-state index contributed by atoms with van der Waals surface area (Å²) in [5.41, 5.74) is 1.22. The van der Waals surface area contributed by atoms with Gasteiger partial charge in [-0.25, -0.2) is 4.98 Å². The molecule has 3 fully saturated rings. The van der Waals surface area contributed by atoms with Crippen LogP contribution in [0.3, 0.4) is 0 Å². The van der Waals surface area contributed by atoms with E-state index >= 15 is 0 Å². The summed E-state index contributed by atoms with van der Waals surface area (Å²) < 4.78 is 0. The normalized spacial score (nSPS) is 28.7. The average molecular weight is 463 g/mol. The molecule has 0 bridgehead atoms. The number of aromatic nitrogens is 1. The van der Waals surface area contributed by atoms with Crippen molar-refractivity contribution in [3.63, 3.8) is 0 Å². The summed E-state index contributed by atoms with van der Waals surface area (Å²) in [4.78, 5) is 33.2. The average Bonchev–Trinajstić information content (AvgIpc) is 2.80. The molecule has 4 atom stereocenters. The summed E-state index contributed by atoms with van der Waals surface area (Å²) >= 11 is 6.38. The van der Waals surface area contributed by atoms with Crippen LogP contribution in [0.2, 0.25) is 5.15 Å². The van der Waals surface area contributed by atoms with E-state index < -0.39 is 0 Å². The summed E-state index contributed by atoms with van der Waals surface area (Å²) in [5.74, 6) is 0.559. The molecule has 1 saturated carbocycles. The molecule has 3 heterocycles. The first-order valence-corrected chi connectivity index (χ1v) is 12.3.